The first kappa shape index (κ1) is 10.9. The number of hydrogen-bond acceptors (Lipinski definition) is 3. The predicted octanol–water partition coefficient (Wildman–Crippen LogP) is 2.81. The normalized spacial score (nSPS) is 21.5. The highest BCUT2D eigenvalue weighted by molar-refractivity contribution is 6.29. The number of pyridine rings is 1. The minimum Gasteiger partial charge on any atom is -0.348 e. The SMILES string of the molecule is CC1(C)COC(c2ccc(Cl)nc2)OC1. The fourth-order valence-corrected chi connectivity index (χ4v) is 1.52. The molecule has 1 saturated heterocycles. The Labute approximate surface area is 94.4 Å². The molecule has 1 aromatic heterocycles. The van der Waals surface area contributed by atoms with E-state index in [1.54, 1.807) is 12.3 Å². The molecule has 0 aliphatic carbocycles. The monoisotopic (exact) mass is 227 g/mol. The van der Waals surface area contributed by atoms with Crippen LogP contribution in [-0.4, -0.2) is 18.2 Å². The van der Waals surface area contributed by atoms with Crippen LogP contribution in [0.1, 0.15) is 25.7 Å². The Bertz CT molecular complexity index is 327. The molecule has 1 aliphatic heterocycles. The molecule has 0 aromatic carbocycles. The fourth-order valence-electron chi connectivity index (χ4n) is 1.41. The van der Waals surface area contributed by atoms with Gasteiger partial charge < -0.3 is 9.47 Å². The van der Waals surface area contributed by atoms with Crippen LogP contribution in [0.2, 0.25) is 5.15 Å². The van der Waals surface area contributed by atoms with Gasteiger partial charge in [-0.05, 0) is 12.1 Å². The van der Waals surface area contributed by atoms with E-state index in [0.717, 1.165) is 5.56 Å². The lowest BCUT2D eigenvalue weighted by Gasteiger charge is -2.34. The molecule has 1 fully saturated rings. The van der Waals surface area contributed by atoms with E-state index in [1.807, 2.05) is 6.07 Å². The molecular weight excluding hydrogens is 214 g/mol. The van der Waals surface area contributed by atoms with Gasteiger partial charge in [-0.2, -0.15) is 0 Å². The number of hydrogen-bond donors (Lipinski definition) is 0. The topological polar surface area (TPSA) is 31.4 Å². The summed E-state index contributed by atoms with van der Waals surface area (Å²) >= 11 is 5.70. The van der Waals surface area contributed by atoms with Gasteiger partial charge in [-0.15, -0.1) is 0 Å². The predicted molar refractivity (Wildman–Crippen MR) is 57.7 cm³/mol. The first-order valence-electron chi connectivity index (χ1n) is 4.91. The number of rotatable bonds is 1. The molecular formula is C11H14ClNO2. The molecule has 0 saturated carbocycles. The van der Waals surface area contributed by atoms with E-state index in [0.29, 0.717) is 18.4 Å². The highest BCUT2D eigenvalue weighted by Crippen LogP contribution is 2.30. The van der Waals surface area contributed by atoms with E-state index in [4.69, 9.17) is 21.1 Å². The molecule has 82 valence electrons. The van der Waals surface area contributed by atoms with E-state index >= 15 is 0 Å². The van der Waals surface area contributed by atoms with E-state index in [-0.39, 0.29) is 11.7 Å². The second kappa shape index (κ2) is 4.08. The second-order valence-electron chi connectivity index (χ2n) is 4.53. The van der Waals surface area contributed by atoms with Crippen LogP contribution in [0, 0.1) is 5.41 Å². The minimum atomic E-state index is -0.303. The molecule has 0 N–H and O–H groups in total. The van der Waals surface area contributed by atoms with Crippen molar-refractivity contribution >= 4 is 11.6 Å². The van der Waals surface area contributed by atoms with Crippen LogP contribution in [0.4, 0.5) is 0 Å². The van der Waals surface area contributed by atoms with Crippen molar-refractivity contribution in [2.75, 3.05) is 13.2 Å². The Kier molecular flexibility index (Phi) is 2.96. The van der Waals surface area contributed by atoms with Crippen LogP contribution < -0.4 is 0 Å². The van der Waals surface area contributed by atoms with Crippen molar-refractivity contribution in [3.63, 3.8) is 0 Å². The van der Waals surface area contributed by atoms with E-state index in [1.165, 1.54) is 0 Å². The van der Waals surface area contributed by atoms with Crippen molar-refractivity contribution < 1.29 is 9.47 Å². The van der Waals surface area contributed by atoms with Crippen LogP contribution in [0.25, 0.3) is 0 Å². The number of nitrogens with zero attached hydrogens (tertiary/aromatic N) is 1. The van der Waals surface area contributed by atoms with Crippen molar-refractivity contribution in [1.29, 1.82) is 0 Å². The summed E-state index contributed by atoms with van der Waals surface area (Å²) in [7, 11) is 0. The molecule has 2 heterocycles. The first-order chi connectivity index (χ1) is 7.07. The summed E-state index contributed by atoms with van der Waals surface area (Å²) in [5.41, 5.74) is 1.01. The second-order valence-corrected chi connectivity index (χ2v) is 4.92. The highest BCUT2D eigenvalue weighted by atomic mass is 35.5. The molecule has 15 heavy (non-hydrogen) atoms. The quantitative estimate of drug-likeness (QED) is 0.692. The highest BCUT2D eigenvalue weighted by Gasteiger charge is 2.29. The van der Waals surface area contributed by atoms with Gasteiger partial charge in [-0.1, -0.05) is 25.4 Å². The van der Waals surface area contributed by atoms with Crippen LogP contribution in [0.5, 0.6) is 0 Å². The van der Waals surface area contributed by atoms with Gasteiger partial charge in [0.15, 0.2) is 6.29 Å². The van der Waals surface area contributed by atoms with E-state index in [9.17, 15) is 0 Å². The van der Waals surface area contributed by atoms with Crippen molar-refractivity contribution in [3.8, 4) is 0 Å². The van der Waals surface area contributed by atoms with Gasteiger partial charge in [0.05, 0.1) is 13.2 Å². The third-order valence-electron chi connectivity index (χ3n) is 2.27. The zero-order valence-electron chi connectivity index (χ0n) is 8.87. The Morgan fingerprint density at radius 2 is 2.00 bits per heavy atom. The van der Waals surface area contributed by atoms with Gasteiger partial charge in [-0.3, -0.25) is 0 Å². The standard InChI is InChI=1S/C11H14ClNO2/c1-11(2)6-14-10(15-7-11)8-3-4-9(12)13-5-8/h3-5,10H,6-7H2,1-2H3. The summed E-state index contributed by atoms with van der Waals surface area (Å²) < 4.78 is 11.2. The zero-order chi connectivity index (χ0) is 10.9. The maximum Gasteiger partial charge on any atom is 0.185 e. The smallest absolute Gasteiger partial charge is 0.185 e. The average molecular weight is 228 g/mol. The Balaban J connectivity index is 2.04. The molecule has 0 spiro atoms. The number of ether oxygens (including phenoxy) is 2. The van der Waals surface area contributed by atoms with Gasteiger partial charge in [0.2, 0.25) is 0 Å². The van der Waals surface area contributed by atoms with Gasteiger partial charge in [0.25, 0.3) is 0 Å². The van der Waals surface area contributed by atoms with Gasteiger partial charge in [0.1, 0.15) is 5.15 Å². The zero-order valence-corrected chi connectivity index (χ0v) is 9.62. The summed E-state index contributed by atoms with van der Waals surface area (Å²) in [5.74, 6) is 0. The molecule has 3 nitrogen and oxygen atoms in total. The lowest BCUT2D eigenvalue weighted by atomic mass is 9.95. The largest absolute Gasteiger partial charge is 0.348 e. The molecule has 0 radical (unpaired) electrons. The third-order valence-corrected chi connectivity index (χ3v) is 2.50. The third kappa shape index (κ3) is 2.68. The van der Waals surface area contributed by atoms with Crippen molar-refractivity contribution in [3.05, 3.63) is 29.0 Å². The molecule has 0 amide bonds. The molecule has 4 heteroatoms. The summed E-state index contributed by atoms with van der Waals surface area (Å²) in [6.07, 6.45) is 1.38. The lowest BCUT2D eigenvalue weighted by Crippen LogP contribution is -2.33. The Morgan fingerprint density at radius 3 is 2.53 bits per heavy atom. The van der Waals surface area contributed by atoms with Crippen LogP contribution in [-0.2, 0) is 9.47 Å². The fraction of sp³-hybridized carbons (Fsp3) is 0.545. The molecule has 0 bridgehead atoms. The van der Waals surface area contributed by atoms with Crippen molar-refractivity contribution in [2.24, 2.45) is 5.41 Å². The summed E-state index contributed by atoms with van der Waals surface area (Å²) in [6.45, 7) is 5.62. The van der Waals surface area contributed by atoms with Crippen LogP contribution in [0.3, 0.4) is 0 Å². The average Bonchev–Trinajstić information content (AvgIpc) is 2.20. The first-order valence-corrected chi connectivity index (χ1v) is 5.29. The maximum absolute atomic E-state index is 5.70. The summed E-state index contributed by atoms with van der Waals surface area (Å²) in [4.78, 5) is 4.00. The Hall–Kier alpha value is -0.640. The van der Waals surface area contributed by atoms with Crippen LogP contribution >= 0.6 is 11.6 Å². The van der Waals surface area contributed by atoms with Crippen LogP contribution in [0.15, 0.2) is 18.3 Å². The van der Waals surface area contributed by atoms with E-state index < -0.39 is 0 Å². The Morgan fingerprint density at radius 1 is 1.33 bits per heavy atom. The van der Waals surface area contributed by atoms with Crippen molar-refractivity contribution in [1.82, 2.24) is 4.98 Å². The van der Waals surface area contributed by atoms with Gasteiger partial charge in [-0.25, -0.2) is 4.98 Å². The van der Waals surface area contributed by atoms with Crippen molar-refractivity contribution in [2.45, 2.75) is 20.1 Å². The number of aromatic nitrogens is 1. The summed E-state index contributed by atoms with van der Waals surface area (Å²) in [5, 5.41) is 0.481. The molecule has 1 aromatic rings. The van der Waals surface area contributed by atoms with Gasteiger partial charge >= 0.3 is 0 Å². The van der Waals surface area contributed by atoms with E-state index in [2.05, 4.69) is 18.8 Å². The minimum absolute atomic E-state index is 0.0936. The number of halogens is 1. The molecule has 1 aliphatic rings. The molecule has 2 rings (SSSR count). The molecule has 0 atom stereocenters. The lowest BCUT2D eigenvalue weighted by molar-refractivity contribution is -0.226. The summed E-state index contributed by atoms with van der Waals surface area (Å²) in [6, 6.07) is 3.61. The van der Waals surface area contributed by atoms with Gasteiger partial charge in [0, 0.05) is 17.2 Å². The maximum atomic E-state index is 5.70. The molecule has 0 unspecified atom stereocenters.